The van der Waals surface area contributed by atoms with Gasteiger partial charge in [0.15, 0.2) is 12.7 Å². The lowest BCUT2D eigenvalue weighted by Crippen LogP contribution is -2.17. The van der Waals surface area contributed by atoms with Crippen molar-refractivity contribution in [2.45, 2.75) is 13.0 Å². The number of nitriles is 1. The molecule has 0 amide bonds. The van der Waals surface area contributed by atoms with Crippen molar-refractivity contribution >= 4 is 5.97 Å². The zero-order valence-electron chi connectivity index (χ0n) is 14.0. The summed E-state index contributed by atoms with van der Waals surface area (Å²) in [7, 11) is 0. The summed E-state index contributed by atoms with van der Waals surface area (Å²) < 4.78 is 16.1. The summed E-state index contributed by atoms with van der Waals surface area (Å²) in [6.45, 7) is 1.37. The second-order valence-electron chi connectivity index (χ2n) is 5.37. The standard InChI is InChI=1S/C19H15N3O4/c1-13(18-21-22-19(26-18)15-5-3-2-4-6-15)25-17(23)12-24-16-9-7-14(11-20)8-10-16/h2-10,13H,12H2,1H3/t13-/m1/s1. The second-order valence-corrected chi connectivity index (χ2v) is 5.37. The van der Waals surface area contributed by atoms with Gasteiger partial charge in [-0.05, 0) is 43.3 Å². The maximum Gasteiger partial charge on any atom is 0.344 e. The van der Waals surface area contributed by atoms with Gasteiger partial charge in [0.2, 0.25) is 5.89 Å². The molecule has 0 saturated heterocycles. The van der Waals surface area contributed by atoms with Crippen LogP contribution in [-0.4, -0.2) is 22.8 Å². The third-order valence-electron chi connectivity index (χ3n) is 3.46. The largest absolute Gasteiger partial charge is 0.482 e. The van der Waals surface area contributed by atoms with Gasteiger partial charge in [-0.2, -0.15) is 5.26 Å². The second kappa shape index (κ2) is 7.94. The number of hydrogen-bond acceptors (Lipinski definition) is 7. The number of hydrogen-bond donors (Lipinski definition) is 0. The van der Waals surface area contributed by atoms with E-state index in [4.69, 9.17) is 19.2 Å². The number of rotatable bonds is 6. The van der Waals surface area contributed by atoms with Gasteiger partial charge in [-0.25, -0.2) is 4.79 Å². The maximum absolute atomic E-state index is 11.9. The lowest BCUT2D eigenvalue weighted by Gasteiger charge is -2.10. The van der Waals surface area contributed by atoms with E-state index in [1.54, 1.807) is 31.2 Å². The Balaban J connectivity index is 1.54. The van der Waals surface area contributed by atoms with Crippen LogP contribution in [0.3, 0.4) is 0 Å². The smallest absolute Gasteiger partial charge is 0.344 e. The van der Waals surface area contributed by atoms with Crippen LogP contribution in [0.25, 0.3) is 11.5 Å². The van der Waals surface area contributed by atoms with Gasteiger partial charge < -0.3 is 13.9 Å². The van der Waals surface area contributed by atoms with Gasteiger partial charge >= 0.3 is 5.97 Å². The number of nitrogens with zero attached hydrogens (tertiary/aromatic N) is 3. The summed E-state index contributed by atoms with van der Waals surface area (Å²) in [6.07, 6.45) is -0.697. The van der Waals surface area contributed by atoms with Gasteiger partial charge in [-0.1, -0.05) is 18.2 Å². The van der Waals surface area contributed by atoms with E-state index >= 15 is 0 Å². The van der Waals surface area contributed by atoms with E-state index in [1.165, 1.54) is 0 Å². The summed E-state index contributed by atoms with van der Waals surface area (Å²) in [5.74, 6) is 0.465. The van der Waals surface area contributed by atoms with Crippen LogP contribution in [-0.2, 0) is 9.53 Å². The predicted molar refractivity (Wildman–Crippen MR) is 90.9 cm³/mol. The molecule has 26 heavy (non-hydrogen) atoms. The summed E-state index contributed by atoms with van der Waals surface area (Å²) >= 11 is 0. The predicted octanol–water partition coefficient (Wildman–Crippen LogP) is 3.29. The molecule has 0 fully saturated rings. The van der Waals surface area contributed by atoms with Gasteiger partial charge in [0.25, 0.3) is 5.89 Å². The summed E-state index contributed by atoms with van der Waals surface area (Å²) in [5, 5.41) is 16.6. The number of benzene rings is 2. The Morgan fingerprint density at radius 2 is 1.88 bits per heavy atom. The van der Waals surface area contributed by atoms with Crippen molar-refractivity contribution < 1.29 is 18.7 Å². The number of carbonyl (C=O) groups excluding carboxylic acids is 1. The molecular formula is C19H15N3O4. The average Bonchev–Trinajstić information content (AvgIpc) is 3.18. The molecule has 0 aliphatic carbocycles. The van der Waals surface area contributed by atoms with Crippen LogP contribution in [0, 0.1) is 11.3 Å². The quantitative estimate of drug-likeness (QED) is 0.630. The summed E-state index contributed by atoms with van der Waals surface area (Å²) in [4.78, 5) is 11.9. The highest BCUT2D eigenvalue weighted by Gasteiger charge is 2.19. The molecule has 1 heterocycles. The Hall–Kier alpha value is -3.66. The number of ether oxygens (including phenoxy) is 2. The highest BCUT2D eigenvalue weighted by molar-refractivity contribution is 5.71. The minimum atomic E-state index is -0.697. The minimum absolute atomic E-state index is 0.204. The van der Waals surface area contributed by atoms with Crippen LogP contribution >= 0.6 is 0 Å². The van der Waals surface area contributed by atoms with Crippen LogP contribution in [0.15, 0.2) is 59.0 Å². The van der Waals surface area contributed by atoms with Gasteiger partial charge in [-0.3, -0.25) is 0 Å². The molecule has 1 aromatic heterocycles. The molecule has 7 heteroatoms. The summed E-state index contributed by atoms with van der Waals surface area (Å²) in [5.41, 5.74) is 1.30. The molecular weight excluding hydrogens is 334 g/mol. The van der Waals surface area contributed by atoms with Gasteiger partial charge in [0.05, 0.1) is 11.6 Å². The monoisotopic (exact) mass is 349 g/mol. The van der Waals surface area contributed by atoms with E-state index < -0.39 is 12.1 Å². The van der Waals surface area contributed by atoms with E-state index in [2.05, 4.69) is 10.2 Å². The molecule has 130 valence electrons. The highest BCUT2D eigenvalue weighted by Crippen LogP contribution is 2.22. The first kappa shape index (κ1) is 17.2. The first-order chi connectivity index (χ1) is 12.7. The van der Waals surface area contributed by atoms with Gasteiger partial charge in [0.1, 0.15) is 5.75 Å². The van der Waals surface area contributed by atoms with Crippen LogP contribution in [0.1, 0.15) is 24.5 Å². The molecule has 1 atom stereocenters. The normalized spacial score (nSPS) is 11.4. The lowest BCUT2D eigenvalue weighted by atomic mass is 10.2. The molecule has 2 aromatic carbocycles. The third kappa shape index (κ3) is 4.24. The first-order valence-corrected chi connectivity index (χ1v) is 7.87. The van der Waals surface area contributed by atoms with Crippen LogP contribution in [0.2, 0.25) is 0 Å². The van der Waals surface area contributed by atoms with E-state index in [1.807, 2.05) is 36.4 Å². The zero-order valence-corrected chi connectivity index (χ0v) is 14.0. The van der Waals surface area contributed by atoms with Crippen LogP contribution < -0.4 is 4.74 Å². The number of esters is 1. The minimum Gasteiger partial charge on any atom is -0.482 e. The lowest BCUT2D eigenvalue weighted by molar-refractivity contribution is -0.152. The molecule has 0 saturated carbocycles. The fourth-order valence-electron chi connectivity index (χ4n) is 2.15. The fraction of sp³-hybridized carbons (Fsp3) is 0.158. The number of carbonyl (C=O) groups is 1. The van der Waals surface area contributed by atoms with Crippen molar-refractivity contribution in [1.82, 2.24) is 10.2 Å². The van der Waals surface area contributed by atoms with Crippen molar-refractivity contribution in [3.05, 3.63) is 66.1 Å². The first-order valence-electron chi connectivity index (χ1n) is 7.87. The molecule has 7 nitrogen and oxygen atoms in total. The van der Waals surface area contributed by atoms with E-state index in [-0.39, 0.29) is 12.5 Å². The average molecular weight is 349 g/mol. The number of aromatic nitrogens is 2. The van der Waals surface area contributed by atoms with E-state index in [0.29, 0.717) is 17.2 Å². The van der Waals surface area contributed by atoms with E-state index in [0.717, 1.165) is 5.56 Å². The van der Waals surface area contributed by atoms with Crippen LogP contribution in [0.4, 0.5) is 0 Å². The van der Waals surface area contributed by atoms with Crippen molar-refractivity contribution in [1.29, 1.82) is 5.26 Å². The van der Waals surface area contributed by atoms with E-state index in [9.17, 15) is 4.79 Å². The Morgan fingerprint density at radius 3 is 2.58 bits per heavy atom. The summed E-state index contributed by atoms with van der Waals surface area (Å²) in [6, 6.07) is 17.7. The zero-order chi connectivity index (χ0) is 18.4. The van der Waals surface area contributed by atoms with Gasteiger partial charge in [-0.15, -0.1) is 10.2 Å². The molecule has 0 aliphatic heterocycles. The Morgan fingerprint density at radius 1 is 1.15 bits per heavy atom. The fourth-order valence-corrected chi connectivity index (χ4v) is 2.15. The Labute approximate surface area is 149 Å². The SMILES string of the molecule is C[C@@H](OC(=O)COc1ccc(C#N)cc1)c1nnc(-c2ccccc2)o1. The Kier molecular flexibility index (Phi) is 5.25. The van der Waals surface area contributed by atoms with Crippen LogP contribution in [0.5, 0.6) is 5.75 Å². The Bertz CT molecular complexity index is 914. The molecule has 0 bridgehead atoms. The van der Waals surface area contributed by atoms with Crippen molar-refractivity contribution in [3.63, 3.8) is 0 Å². The molecule has 0 radical (unpaired) electrons. The van der Waals surface area contributed by atoms with Crippen molar-refractivity contribution in [2.75, 3.05) is 6.61 Å². The van der Waals surface area contributed by atoms with Gasteiger partial charge in [0, 0.05) is 5.56 Å². The molecule has 3 rings (SSSR count). The van der Waals surface area contributed by atoms with Crippen molar-refractivity contribution in [3.8, 4) is 23.3 Å². The molecule has 0 N–H and O–H groups in total. The molecule has 3 aromatic rings. The van der Waals surface area contributed by atoms with Crippen molar-refractivity contribution in [2.24, 2.45) is 0 Å². The third-order valence-corrected chi connectivity index (χ3v) is 3.46. The highest BCUT2D eigenvalue weighted by atomic mass is 16.6. The maximum atomic E-state index is 11.9. The topological polar surface area (TPSA) is 98.2 Å². The molecule has 0 unspecified atom stereocenters. The molecule has 0 aliphatic rings. The molecule has 0 spiro atoms.